The Hall–Kier alpha value is -3.94. The first-order valence-corrected chi connectivity index (χ1v) is 8.32. The zero-order valence-corrected chi connectivity index (χ0v) is 15.7. The quantitative estimate of drug-likeness (QED) is 0.367. The molecule has 0 fully saturated rings. The van der Waals surface area contributed by atoms with E-state index in [2.05, 4.69) is 4.74 Å². The molecule has 3 rings (SSSR count). The molecule has 30 heavy (non-hydrogen) atoms. The van der Waals surface area contributed by atoms with Crippen LogP contribution >= 0.6 is 0 Å². The standard InChI is InChI=1S/C16H15N3O11/c1-26-15(20)8-6-28-7-17(11(8)16(21)27-2)9-5-10-14(30-4-3-29-10)13(19(24)25)12(9)18(22)23/h5H,3-4,6-7H2,1-2H3. The predicted molar refractivity (Wildman–Crippen MR) is 95.1 cm³/mol. The maximum atomic E-state index is 12.4. The number of rotatable bonds is 5. The highest BCUT2D eigenvalue weighted by Gasteiger charge is 2.43. The van der Waals surface area contributed by atoms with Gasteiger partial charge in [-0.15, -0.1) is 0 Å². The van der Waals surface area contributed by atoms with Gasteiger partial charge < -0.3 is 28.6 Å². The van der Waals surface area contributed by atoms with Gasteiger partial charge in [0.2, 0.25) is 5.75 Å². The van der Waals surface area contributed by atoms with Gasteiger partial charge in [0.05, 0.1) is 36.2 Å². The molecule has 14 nitrogen and oxygen atoms in total. The average Bonchev–Trinajstić information content (AvgIpc) is 2.75. The van der Waals surface area contributed by atoms with Crippen LogP contribution in [-0.2, 0) is 23.8 Å². The fourth-order valence-electron chi connectivity index (χ4n) is 3.03. The summed E-state index contributed by atoms with van der Waals surface area (Å²) < 4.78 is 25.2. The number of nitrogens with zero attached hydrogens (tertiary/aromatic N) is 3. The van der Waals surface area contributed by atoms with Gasteiger partial charge in [-0.1, -0.05) is 0 Å². The lowest BCUT2D eigenvalue weighted by Gasteiger charge is -2.31. The fourth-order valence-corrected chi connectivity index (χ4v) is 3.03. The summed E-state index contributed by atoms with van der Waals surface area (Å²) in [6, 6.07) is 1.10. The summed E-state index contributed by atoms with van der Waals surface area (Å²) in [6.07, 6.45) is 0. The van der Waals surface area contributed by atoms with E-state index in [1.165, 1.54) is 0 Å². The Kier molecular flexibility index (Phi) is 5.68. The number of methoxy groups -OCH3 is 2. The van der Waals surface area contributed by atoms with Gasteiger partial charge in [0.1, 0.15) is 31.3 Å². The number of nitro groups is 2. The molecule has 0 saturated heterocycles. The second-order valence-corrected chi connectivity index (χ2v) is 5.85. The van der Waals surface area contributed by atoms with E-state index in [-0.39, 0.29) is 31.1 Å². The Morgan fingerprint density at radius 1 is 1.03 bits per heavy atom. The summed E-state index contributed by atoms with van der Waals surface area (Å²) >= 11 is 0. The van der Waals surface area contributed by atoms with Crippen molar-refractivity contribution in [1.82, 2.24) is 0 Å². The van der Waals surface area contributed by atoms with Crippen LogP contribution in [0.15, 0.2) is 17.3 Å². The molecule has 1 aromatic carbocycles. The Labute approximate surface area is 167 Å². The molecule has 0 aliphatic carbocycles. The van der Waals surface area contributed by atoms with Gasteiger partial charge in [0.15, 0.2) is 5.75 Å². The van der Waals surface area contributed by atoms with Crippen LogP contribution < -0.4 is 14.4 Å². The van der Waals surface area contributed by atoms with Crippen molar-refractivity contribution in [1.29, 1.82) is 0 Å². The van der Waals surface area contributed by atoms with Crippen LogP contribution in [0, 0.1) is 20.2 Å². The van der Waals surface area contributed by atoms with Crippen molar-refractivity contribution in [2.45, 2.75) is 0 Å². The molecule has 14 heteroatoms. The van der Waals surface area contributed by atoms with Crippen LogP contribution in [0.5, 0.6) is 11.5 Å². The second kappa shape index (κ2) is 8.20. The molecular formula is C16H15N3O11. The number of carbonyl (C=O) groups is 2. The molecule has 0 bridgehead atoms. The summed E-state index contributed by atoms with van der Waals surface area (Å²) in [5, 5.41) is 23.5. The van der Waals surface area contributed by atoms with Crippen LogP contribution in [-0.4, -0.2) is 62.6 Å². The molecule has 2 heterocycles. The summed E-state index contributed by atoms with van der Waals surface area (Å²) in [5.41, 5.74) is -3.04. The molecule has 0 aromatic heterocycles. The monoisotopic (exact) mass is 425 g/mol. The minimum absolute atomic E-state index is 0.0447. The summed E-state index contributed by atoms with van der Waals surface area (Å²) in [4.78, 5) is 47.0. The molecule has 2 aliphatic heterocycles. The number of fused-ring (bicyclic) bond motifs is 1. The minimum Gasteiger partial charge on any atom is -0.486 e. The van der Waals surface area contributed by atoms with Gasteiger partial charge in [-0.3, -0.25) is 20.2 Å². The highest BCUT2D eigenvalue weighted by Crippen LogP contribution is 2.51. The topological polar surface area (TPSA) is 170 Å². The molecule has 0 spiro atoms. The molecule has 2 aliphatic rings. The normalized spacial score (nSPS) is 15.5. The van der Waals surface area contributed by atoms with E-state index in [9.17, 15) is 29.8 Å². The molecule has 1 aromatic rings. The average molecular weight is 425 g/mol. The highest BCUT2D eigenvalue weighted by atomic mass is 16.6. The molecule has 0 N–H and O–H groups in total. The van der Waals surface area contributed by atoms with E-state index in [0.29, 0.717) is 0 Å². The molecule has 0 saturated carbocycles. The van der Waals surface area contributed by atoms with Crippen molar-refractivity contribution in [2.24, 2.45) is 0 Å². The maximum Gasteiger partial charge on any atom is 0.393 e. The van der Waals surface area contributed by atoms with Crippen LogP contribution in [0.25, 0.3) is 0 Å². The number of hydrogen-bond donors (Lipinski definition) is 0. The first-order valence-electron chi connectivity index (χ1n) is 8.32. The summed E-state index contributed by atoms with van der Waals surface area (Å²) in [6.45, 7) is -0.779. The summed E-state index contributed by atoms with van der Waals surface area (Å²) in [7, 11) is 2.11. The smallest absolute Gasteiger partial charge is 0.393 e. The SMILES string of the molecule is COC(=O)C1=C(C(=O)OC)N(c2cc3c(c([N+](=O)[O-])c2[N+](=O)[O-])OCCO3)COC1. The van der Waals surface area contributed by atoms with Crippen molar-refractivity contribution >= 4 is 29.0 Å². The molecule has 0 unspecified atom stereocenters. The van der Waals surface area contributed by atoms with Crippen molar-refractivity contribution in [3.63, 3.8) is 0 Å². The number of benzene rings is 1. The molecule has 0 atom stereocenters. The van der Waals surface area contributed by atoms with Gasteiger partial charge in [-0.05, 0) is 0 Å². The number of anilines is 1. The molecule has 0 amide bonds. The predicted octanol–water partition coefficient (Wildman–Crippen LogP) is 0.668. The third-order valence-electron chi connectivity index (χ3n) is 4.25. The maximum absolute atomic E-state index is 12.4. The lowest BCUT2D eigenvalue weighted by atomic mass is 10.1. The third-order valence-corrected chi connectivity index (χ3v) is 4.25. The Morgan fingerprint density at radius 2 is 1.67 bits per heavy atom. The van der Waals surface area contributed by atoms with Crippen LogP contribution in [0.3, 0.4) is 0 Å². The number of nitro benzene ring substituents is 2. The van der Waals surface area contributed by atoms with Gasteiger partial charge >= 0.3 is 23.3 Å². The largest absolute Gasteiger partial charge is 0.486 e. The third kappa shape index (κ3) is 3.43. The van der Waals surface area contributed by atoms with Gasteiger partial charge in [-0.25, -0.2) is 9.59 Å². The van der Waals surface area contributed by atoms with Crippen LogP contribution in [0.1, 0.15) is 0 Å². The molecule has 0 radical (unpaired) electrons. The van der Waals surface area contributed by atoms with E-state index < -0.39 is 57.0 Å². The number of ether oxygens (including phenoxy) is 5. The number of hydrogen-bond acceptors (Lipinski definition) is 12. The second-order valence-electron chi connectivity index (χ2n) is 5.85. The molecular weight excluding hydrogens is 410 g/mol. The van der Waals surface area contributed by atoms with Gasteiger partial charge in [-0.2, -0.15) is 0 Å². The number of carbonyl (C=O) groups excluding carboxylic acids is 2. The van der Waals surface area contributed by atoms with E-state index in [1.54, 1.807) is 0 Å². The minimum atomic E-state index is -1.02. The van der Waals surface area contributed by atoms with Crippen molar-refractivity contribution in [3.8, 4) is 11.5 Å². The Balaban J connectivity index is 2.34. The zero-order valence-electron chi connectivity index (χ0n) is 15.7. The van der Waals surface area contributed by atoms with E-state index in [4.69, 9.17) is 18.9 Å². The molecule has 160 valence electrons. The van der Waals surface area contributed by atoms with Crippen molar-refractivity contribution in [3.05, 3.63) is 37.6 Å². The van der Waals surface area contributed by atoms with E-state index in [0.717, 1.165) is 25.2 Å². The fraction of sp³-hybridized carbons (Fsp3) is 0.375. The van der Waals surface area contributed by atoms with Crippen LogP contribution in [0.4, 0.5) is 17.1 Å². The first kappa shape index (κ1) is 20.8. The lowest BCUT2D eigenvalue weighted by Crippen LogP contribution is -2.39. The number of esters is 2. The Morgan fingerprint density at radius 3 is 2.27 bits per heavy atom. The zero-order chi connectivity index (χ0) is 22.0. The Bertz CT molecular complexity index is 972. The first-order chi connectivity index (χ1) is 14.3. The lowest BCUT2D eigenvalue weighted by molar-refractivity contribution is -0.422. The van der Waals surface area contributed by atoms with Crippen LogP contribution in [0.2, 0.25) is 0 Å². The van der Waals surface area contributed by atoms with Gasteiger partial charge in [0, 0.05) is 6.07 Å². The van der Waals surface area contributed by atoms with E-state index in [1.807, 2.05) is 0 Å². The highest BCUT2D eigenvalue weighted by molar-refractivity contribution is 6.04. The van der Waals surface area contributed by atoms with Gasteiger partial charge in [0.25, 0.3) is 0 Å². The summed E-state index contributed by atoms with van der Waals surface area (Å²) in [5.74, 6) is -2.50. The van der Waals surface area contributed by atoms with E-state index >= 15 is 0 Å². The van der Waals surface area contributed by atoms with Crippen molar-refractivity contribution in [2.75, 3.05) is 45.7 Å². The van der Waals surface area contributed by atoms with Crippen molar-refractivity contribution < 1.29 is 43.1 Å².